The molecule has 0 unspecified atom stereocenters. The fourth-order valence-electron chi connectivity index (χ4n) is 3.03. The number of rotatable bonds is 7. The van der Waals surface area contributed by atoms with Crippen LogP contribution in [-0.2, 0) is 4.74 Å². The van der Waals surface area contributed by atoms with E-state index in [2.05, 4.69) is 4.98 Å². The van der Waals surface area contributed by atoms with Crippen LogP contribution in [0.25, 0.3) is 0 Å². The Balaban J connectivity index is 2.24. The zero-order chi connectivity index (χ0) is 21.2. The maximum Gasteiger partial charge on any atom is 0.340 e. The number of aromatic nitrogens is 1. The number of ether oxygens (including phenoxy) is 1. The summed E-state index contributed by atoms with van der Waals surface area (Å²) in [6, 6.07) is 3.83. The largest absolute Gasteiger partial charge is 0.454 e. The van der Waals surface area contributed by atoms with Crippen LogP contribution in [0.3, 0.4) is 0 Å². The standard InChI is InChI=1S/C19H21N3O6/c1-10-17(12(3)23)11(2)20-18(10)16(24)9-28-19(25)14-8-13(22(26)27)6-7-15(14)21(4)5/h6-8,20H,9H2,1-5H3. The number of nitro groups is 1. The van der Waals surface area contributed by atoms with Crippen molar-refractivity contribution in [1.82, 2.24) is 4.98 Å². The van der Waals surface area contributed by atoms with Gasteiger partial charge in [-0.15, -0.1) is 0 Å². The number of aromatic amines is 1. The molecule has 148 valence electrons. The highest BCUT2D eigenvalue weighted by atomic mass is 16.6. The molecule has 1 heterocycles. The van der Waals surface area contributed by atoms with Gasteiger partial charge in [-0.05, 0) is 32.4 Å². The van der Waals surface area contributed by atoms with E-state index in [0.717, 1.165) is 6.07 Å². The number of carbonyl (C=O) groups excluding carboxylic acids is 3. The van der Waals surface area contributed by atoms with Crippen LogP contribution in [-0.4, -0.2) is 48.1 Å². The van der Waals surface area contributed by atoms with E-state index >= 15 is 0 Å². The number of Topliss-reactive ketones (excluding diaryl/α,β-unsaturated/α-hetero) is 2. The Labute approximate surface area is 161 Å². The lowest BCUT2D eigenvalue weighted by molar-refractivity contribution is -0.384. The first-order valence-electron chi connectivity index (χ1n) is 8.40. The monoisotopic (exact) mass is 387 g/mol. The van der Waals surface area contributed by atoms with Gasteiger partial charge < -0.3 is 14.6 Å². The van der Waals surface area contributed by atoms with Crippen LogP contribution in [0.1, 0.15) is 49.4 Å². The molecular formula is C19H21N3O6. The average molecular weight is 387 g/mol. The van der Waals surface area contributed by atoms with Gasteiger partial charge >= 0.3 is 5.97 Å². The van der Waals surface area contributed by atoms with Crippen molar-refractivity contribution in [1.29, 1.82) is 0 Å². The number of benzene rings is 1. The van der Waals surface area contributed by atoms with E-state index in [9.17, 15) is 24.5 Å². The van der Waals surface area contributed by atoms with E-state index in [0.29, 0.717) is 22.5 Å². The van der Waals surface area contributed by atoms with Crippen LogP contribution in [0.15, 0.2) is 18.2 Å². The highest BCUT2D eigenvalue weighted by Gasteiger charge is 2.23. The molecule has 1 aromatic heterocycles. The third kappa shape index (κ3) is 4.08. The van der Waals surface area contributed by atoms with Crippen LogP contribution in [0.5, 0.6) is 0 Å². The molecule has 0 saturated heterocycles. The molecule has 0 radical (unpaired) electrons. The third-order valence-corrected chi connectivity index (χ3v) is 4.30. The quantitative estimate of drug-likeness (QED) is 0.335. The molecule has 9 nitrogen and oxygen atoms in total. The minimum absolute atomic E-state index is 0.0178. The number of anilines is 1. The van der Waals surface area contributed by atoms with E-state index in [1.807, 2.05) is 0 Å². The molecule has 9 heteroatoms. The summed E-state index contributed by atoms with van der Waals surface area (Å²) in [6.07, 6.45) is 0. The lowest BCUT2D eigenvalue weighted by Gasteiger charge is -2.16. The smallest absolute Gasteiger partial charge is 0.340 e. The van der Waals surface area contributed by atoms with Gasteiger partial charge in [-0.25, -0.2) is 4.79 Å². The van der Waals surface area contributed by atoms with E-state index in [1.165, 1.54) is 19.1 Å². The topological polar surface area (TPSA) is 123 Å². The fourth-order valence-corrected chi connectivity index (χ4v) is 3.03. The minimum atomic E-state index is -0.853. The van der Waals surface area contributed by atoms with Crippen LogP contribution >= 0.6 is 0 Å². The summed E-state index contributed by atoms with van der Waals surface area (Å²) in [7, 11) is 3.36. The molecule has 0 atom stereocenters. The van der Waals surface area contributed by atoms with Gasteiger partial charge in [-0.2, -0.15) is 0 Å². The number of hydrogen-bond donors (Lipinski definition) is 1. The van der Waals surface area contributed by atoms with Gasteiger partial charge in [-0.3, -0.25) is 19.7 Å². The third-order valence-electron chi connectivity index (χ3n) is 4.30. The Bertz CT molecular complexity index is 974. The summed E-state index contributed by atoms with van der Waals surface area (Å²) in [4.78, 5) is 51.4. The van der Waals surface area contributed by atoms with E-state index in [-0.39, 0.29) is 22.7 Å². The van der Waals surface area contributed by atoms with Gasteiger partial charge in [0.2, 0.25) is 5.78 Å². The molecule has 2 aromatic rings. The molecule has 0 spiro atoms. The molecule has 0 fully saturated rings. The number of non-ortho nitro benzene ring substituents is 1. The minimum Gasteiger partial charge on any atom is -0.454 e. The van der Waals surface area contributed by atoms with Gasteiger partial charge in [0.25, 0.3) is 5.69 Å². The van der Waals surface area contributed by atoms with Crippen molar-refractivity contribution in [2.45, 2.75) is 20.8 Å². The Hall–Kier alpha value is -3.49. The molecule has 0 aliphatic heterocycles. The van der Waals surface area contributed by atoms with E-state index in [4.69, 9.17) is 4.74 Å². The number of nitrogens with one attached hydrogen (secondary N) is 1. The lowest BCUT2D eigenvalue weighted by Crippen LogP contribution is -2.19. The predicted octanol–water partition coefficient (Wildman–Crippen LogP) is 2.85. The summed E-state index contributed by atoms with van der Waals surface area (Å²) in [5.74, 6) is -1.53. The van der Waals surface area contributed by atoms with E-state index in [1.54, 1.807) is 32.8 Å². The van der Waals surface area contributed by atoms with Gasteiger partial charge in [0, 0.05) is 37.5 Å². The molecule has 0 saturated carbocycles. The first-order chi connectivity index (χ1) is 13.0. The number of nitrogens with zero attached hydrogens (tertiary/aromatic N) is 2. The van der Waals surface area contributed by atoms with Crippen LogP contribution in [0, 0.1) is 24.0 Å². The van der Waals surface area contributed by atoms with Gasteiger partial charge in [0.1, 0.15) is 0 Å². The molecule has 1 aromatic carbocycles. The van der Waals surface area contributed by atoms with Crippen molar-refractivity contribution in [3.05, 3.63) is 56.4 Å². The number of hydrogen-bond acceptors (Lipinski definition) is 7. The molecule has 0 aliphatic carbocycles. The molecular weight excluding hydrogens is 366 g/mol. The van der Waals surface area contributed by atoms with Crippen molar-refractivity contribution >= 4 is 28.9 Å². The Morgan fingerprint density at radius 1 is 1.21 bits per heavy atom. The predicted molar refractivity (Wildman–Crippen MR) is 102 cm³/mol. The first-order valence-corrected chi connectivity index (χ1v) is 8.40. The molecule has 0 amide bonds. The molecule has 0 aliphatic rings. The van der Waals surface area contributed by atoms with Crippen molar-refractivity contribution < 1.29 is 24.0 Å². The number of aryl methyl sites for hydroxylation is 1. The highest BCUT2D eigenvalue weighted by molar-refractivity contribution is 6.05. The average Bonchev–Trinajstić information content (AvgIpc) is 2.93. The molecule has 0 bridgehead atoms. The number of esters is 1. The van der Waals surface area contributed by atoms with Gasteiger partial charge in [0.15, 0.2) is 12.4 Å². The first kappa shape index (κ1) is 20.8. The zero-order valence-corrected chi connectivity index (χ0v) is 16.3. The van der Waals surface area contributed by atoms with Crippen LogP contribution < -0.4 is 4.90 Å². The summed E-state index contributed by atoms with van der Waals surface area (Å²) >= 11 is 0. The second-order valence-electron chi connectivity index (χ2n) is 6.53. The maximum absolute atomic E-state index is 12.5. The van der Waals surface area contributed by atoms with Gasteiger partial charge in [-0.1, -0.05) is 0 Å². The Morgan fingerprint density at radius 2 is 1.86 bits per heavy atom. The lowest BCUT2D eigenvalue weighted by atomic mass is 10.1. The second-order valence-corrected chi connectivity index (χ2v) is 6.53. The Kier molecular flexibility index (Phi) is 5.97. The van der Waals surface area contributed by atoms with Crippen LogP contribution in [0.4, 0.5) is 11.4 Å². The Morgan fingerprint density at radius 3 is 2.36 bits per heavy atom. The number of carbonyl (C=O) groups is 3. The van der Waals surface area contributed by atoms with Gasteiger partial charge in [0.05, 0.1) is 21.9 Å². The summed E-state index contributed by atoms with van der Waals surface area (Å²) in [5, 5.41) is 11.0. The molecule has 2 rings (SSSR count). The van der Waals surface area contributed by atoms with E-state index < -0.39 is 23.3 Å². The number of nitro benzene ring substituents is 1. The zero-order valence-electron chi connectivity index (χ0n) is 16.3. The molecule has 1 N–H and O–H groups in total. The van der Waals surface area contributed by atoms with Crippen molar-refractivity contribution in [2.24, 2.45) is 0 Å². The summed E-state index contributed by atoms with van der Waals surface area (Å²) in [6.45, 7) is 4.16. The SMILES string of the molecule is CC(=O)c1c(C)[nH]c(C(=O)COC(=O)c2cc([N+](=O)[O-])ccc2N(C)C)c1C. The fraction of sp³-hybridized carbons (Fsp3) is 0.316. The highest BCUT2D eigenvalue weighted by Crippen LogP contribution is 2.25. The molecule has 28 heavy (non-hydrogen) atoms. The maximum atomic E-state index is 12.5. The van der Waals surface area contributed by atoms with Crippen molar-refractivity contribution in [2.75, 3.05) is 25.6 Å². The normalized spacial score (nSPS) is 10.5. The summed E-state index contributed by atoms with van der Waals surface area (Å²) < 4.78 is 5.09. The number of ketones is 2. The second kappa shape index (κ2) is 8.03. The van der Waals surface area contributed by atoms with Crippen molar-refractivity contribution in [3.63, 3.8) is 0 Å². The van der Waals surface area contributed by atoms with Crippen LogP contribution in [0.2, 0.25) is 0 Å². The van der Waals surface area contributed by atoms with Crippen molar-refractivity contribution in [3.8, 4) is 0 Å². The summed E-state index contributed by atoms with van der Waals surface area (Å²) in [5.41, 5.74) is 1.84. The number of H-pyrrole nitrogens is 1.